The molecule has 1 fully saturated rings. The van der Waals surface area contributed by atoms with Gasteiger partial charge >= 0.3 is 0 Å². The highest BCUT2D eigenvalue weighted by Gasteiger charge is 2.31. The van der Waals surface area contributed by atoms with Gasteiger partial charge in [0.05, 0.1) is 0 Å². The van der Waals surface area contributed by atoms with Gasteiger partial charge in [-0.1, -0.05) is 0 Å². The maximum absolute atomic E-state index is 12.7. The molecule has 0 radical (unpaired) electrons. The van der Waals surface area contributed by atoms with Crippen LogP contribution >= 0.6 is 11.8 Å². The smallest absolute Gasteiger partial charge is 0.265 e. The standard InChI is InChI=1S/C14H22N4O4S2/c1-16-10-11(9-12(16)14(15)20)24(21,22)18-6-4-17(5-7-18)13(19)3-8-23-2/h9-10H,3-8H2,1-2H3,(H2,15,20). The maximum atomic E-state index is 12.7. The lowest BCUT2D eigenvalue weighted by molar-refractivity contribution is -0.131. The molecule has 2 rings (SSSR count). The molecule has 2 heterocycles. The number of hydrogen-bond donors (Lipinski definition) is 1. The van der Waals surface area contributed by atoms with Gasteiger partial charge in [-0.15, -0.1) is 0 Å². The van der Waals surface area contributed by atoms with E-state index in [9.17, 15) is 18.0 Å². The Morgan fingerprint density at radius 1 is 1.25 bits per heavy atom. The van der Waals surface area contributed by atoms with Gasteiger partial charge in [0.1, 0.15) is 10.6 Å². The summed E-state index contributed by atoms with van der Waals surface area (Å²) in [7, 11) is -2.13. The van der Waals surface area contributed by atoms with Crippen LogP contribution in [0.15, 0.2) is 17.2 Å². The Hall–Kier alpha value is -1.52. The third kappa shape index (κ3) is 3.93. The first-order chi connectivity index (χ1) is 11.3. The second kappa shape index (κ2) is 7.58. The summed E-state index contributed by atoms with van der Waals surface area (Å²) in [5, 5.41) is 0. The fourth-order valence-corrected chi connectivity index (χ4v) is 4.47. The number of sulfonamides is 1. The van der Waals surface area contributed by atoms with Crippen molar-refractivity contribution in [3.63, 3.8) is 0 Å². The van der Waals surface area contributed by atoms with Crippen molar-refractivity contribution in [3.05, 3.63) is 18.0 Å². The van der Waals surface area contributed by atoms with Crippen LogP contribution in [0.1, 0.15) is 16.9 Å². The van der Waals surface area contributed by atoms with Crippen LogP contribution in [0.4, 0.5) is 0 Å². The molecule has 1 saturated heterocycles. The van der Waals surface area contributed by atoms with E-state index in [4.69, 9.17) is 5.73 Å². The molecule has 0 saturated carbocycles. The number of piperazine rings is 1. The molecule has 0 unspecified atom stereocenters. The summed E-state index contributed by atoms with van der Waals surface area (Å²) < 4.78 is 28.1. The first-order valence-corrected chi connectivity index (χ1v) is 10.3. The van der Waals surface area contributed by atoms with Gasteiger partial charge in [0.15, 0.2) is 0 Å². The Morgan fingerprint density at radius 2 is 1.88 bits per heavy atom. The van der Waals surface area contributed by atoms with E-state index in [0.717, 1.165) is 5.75 Å². The lowest BCUT2D eigenvalue weighted by Gasteiger charge is -2.33. The van der Waals surface area contributed by atoms with E-state index in [0.29, 0.717) is 19.5 Å². The Kier molecular flexibility index (Phi) is 5.94. The summed E-state index contributed by atoms with van der Waals surface area (Å²) in [5.41, 5.74) is 5.37. The molecule has 1 aliphatic rings. The van der Waals surface area contributed by atoms with Crippen LogP contribution in [-0.2, 0) is 21.9 Å². The highest BCUT2D eigenvalue weighted by atomic mass is 32.2. The number of amides is 2. The molecule has 0 aliphatic carbocycles. The predicted molar refractivity (Wildman–Crippen MR) is 92.3 cm³/mol. The molecule has 1 aromatic rings. The number of aryl methyl sites for hydroxylation is 1. The number of primary amides is 1. The van der Waals surface area contributed by atoms with Crippen molar-refractivity contribution < 1.29 is 18.0 Å². The second-order valence-corrected chi connectivity index (χ2v) is 8.49. The summed E-state index contributed by atoms with van der Waals surface area (Å²) in [4.78, 5) is 25.0. The number of thioether (sulfide) groups is 1. The van der Waals surface area contributed by atoms with Gasteiger partial charge < -0.3 is 15.2 Å². The van der Waals surface area contributed by atoms with Crippen molar-refractivity contribution >= 4 is 33.6 Å². The summed E-state index contributed by atoms with van der Waals surface area (Å²) in [6, 6.07) is 1.29. The molecule has 0 aromatic carbocycles. The number of nitrogens with zero attached hydrogens (tertiary/aromatic N) is 3. The molecule has 2 amide bonds. The molecule has 0 bridgehead atoms. The van der Waals surface area contributed by atoms with Gasteiger partial charge in [0.25, 0.3) is 5.91 Å². The van der Waals surface area contributed by atoms with Crippen LogP contribution < -0.4 is 5.73 Å². The van der Waals surface area contributed by atoms with E-state index >= 15 is 0 Å². The van der Waals surface area contributed by atoms with E-state index in [-0.39, 0.29) is 29.6 Å². The fraction of sp³-hybridized carbons (Fsp3) is 0.571. The second-order valence-electron chi connectivity index (χ2n) is 5.56. The number of hydrogen-bond acceptors (Lipinski definition) is 5. The number of nitrogens with two attached hydrogens (primary N) is 1. The van der Waals surface area contributed by atoms with Crippen molar-refractivity contribution in [2.45, 2.75) is 11.3 Å². The Morgan fingerprint density at radius 3 is 2.38 bits per heavy atom. The lowest BCUT2D eigenvalue weighted by Crippen LogP contribution is -2.50. The first-order valence-electron chi connectivity index (χ1n) is 7.50. The van der Waals surface area contributed by atoms with Gasteiger partial charge in [-0.2, -0.15) is 16.1 Å². The lowest BCUT2D eigenvalue weighted by atomic mass is 10.3. The van der Waals surface area contributed by atoms with Crippen molar-refractivity contribution in [1.82, 2.24) is 13.8 Å². The van der Waals surface area contributed by atoms with Crippen LogP contribution in [0.25, 0.3) is 0 Å². The largest absolute Gasteiger partial charge is 0.364 e. The average Bonchev–Trinajstić information content (AvgIpc) is 2.95. The SMILES string of the molecule is CSCCC(=O)N1CCN(S(=O)(=O)c2cc(C(N)=O)n(C)c2)CC1. The molecule has 10 heteroatoms. The first kappa shape index (κ1) is 18.8. The molecule has 24 heavy (non-hydrogen) atoms. The molecule has 134 valence electrons. The minimum Gasteiger partial charge on any atom is -0.364 e. The molecule has 8 nitrogen and oxygen atoms in total. The minimum atomic E-state index is -3.70. The predicted octanol–water partition coefficient (Wildman–Crippen LogP) is -0.290. The third-order valence-corrected chi connectivity index (χ3v) is 6.46. The number of carbonyl (C=O) groups excluding carboxylic acids is 2. The highest BCUT2D eigenvalue weighted by Crippen LogP contribution is 2.20. The molecule has 0 atom stereocenters. The van der Waals surface area contributed by atoms with Crippen molar-refractivity contribution in [3.8, 4) is 0 Å². The number of rotatable bonds is 6. The van der Waals surface area contributed by atoms with Gasteiger partial charge in [0, 0.05) is 51.6 Å². The quantitative estimate of drug-likeness (QED) is 0.737. The Bertz CT molecular complexity index is 721. The van der Waals surface area contributed by atoms with E-state index in [1.54, 1.807) is 23.7 Å². The average molecular weight is 374 g/mol. The van der Waals surface area contributed by atoms with E-state index < -0.39 is 15.9 Å². The fourth-order valence-electron chi connectivity index (χ4n) is 2.59. The van der Waals surface area contributed by atoms with E-state index in [1.807, 2.05) is 6.26 Å². The van der Waals surface area contributed by atoms with Crippen LogP contribution in [-0.4, -0.2) is 72.2 Å². The minimum absolute atomic E-state index is 0.0426. The van der Waals surface area contributed by atoms with Gasteiger partial charge in [-0.3, -0.25) is 9.59 Å². The van der Waals surface area contributed by atoms with Crippen LogP contribution in [0.2, 0.25) is 0 Å². The third-order valence-electron chi connectivity index (χ3n) is 3.98. The maximum Gasteiger partial charge on any atom is 0.265 e. The van der Waals surface area contributed by atoms with Gasteiger partial charge in [-0.05, 0) is 12.3 Å². The monoisotopic (exact) mass is 374 g/mol. The zero-order chi connectivity index (χ0) is 17.9. The summed E-state index contributed by atoms with van der Waals surface area (Å²) in [6.45, 7) is 1.24. The molecular formula is C14H22N4O4S2. The molecule has 0 spiro atoms. The Labute approximate surface area is 146 Å². The van der Waals surface area contributed by atoms with Gasteiger partial charge in [-0.25, -0.2) is 8.42 Å². The van der Waals surface area contributed by atoms with E-state index in [1.165, 1.54) is 21.1 Å². The summed E-state index contributed by atoms with van der Waals surface area (Å²) in [6.07, 6.45) is 3.79. The van der Waals surface area contributed by atoms with Crippen molar-refractivity contribution in [1.29, 1.82) is 0 Å². The number of aromatic nitrogens is 1. The zero-order valence-corrected chi connectivity index (χ0v) is 15.4. The normalized spacial score (nSPS) is 16.3. The molecule has 1 aliphatic heterocycles. The summed E-state index contributed by atoms with van der Waals surface area (Å²) in [5.74, 6) is 0.136. The van der Waals surface area contributed by atoms with Crippen LogP contribution in [0.3, 0.4) is 0 Å². The van der Waals surface area contributed by atoms with Crippen LogP contribution in [0.5, 0.6) is 0 Å². The highest BCUT2D eigenvalue weighted by molar-refractivity contribution is 7.98. The molecule has 1 aromatic heterocycles. The van der Waals surface area contributed by atoms with Crippen molar-refractivity contribution in [2.24, 2.45) is 12.8 Å². The summed E-state index contributed by atoms with van der Waals surface area (Å²) >= 11 is 1.61. The van der Waals surface area contributed by atoms with Crippen molar-refractivity contribution in [2.75, 3.05) is 38.2 Å². The van der Waals surface area contributed by atoms with E-state index in [2.05, 4.69) is 0 Å². The Balaban J connectivity index is 2.06. The zero-order valence-electron chi connectivity index (χ0n) is 13.8. The topological polar surface area (TPSA) is 106 Å². The molecule has 2 N–H and O–H groups in total. The number of carbonyl (C=O) groups is 2. The molecular weight excluding hydrogens is 352 g/mol. The van der Waals surface area contributed by atoms with Gasteiger partial charge in [0.2, 0.25) is 15.9 Å². The van der Waals surface area contributed by atoms with Crippen LogP contribution in [0, 0.1) is 0 Å².